The van der Waals surface area contributed by atoms with Gasteiger partial charge in [0.05, 0.1) is 11.3 Å². The van der Waals surface area contributed by atoms with Crippen molar-refractivity contribution in [2.45, 2.75) is 19.4 Å². The number of nitrogens with one attached hydrogen (secondary N) is 1. The van der Waals surface area contributed by atoms with E-state index < -0.39 is 5.60 Å². The van der Waals surface area contributed by atoms with Gasteiger partial charge in [-0.15, -0.1) is 0 Å². The molecule has 0 bridgehead atoms. The van der Waals surface area contributed by atoms with Crippen LogP contribution in [0.5, 0.6) is 0 Å². The van der Waals surface area contributed by atoms with E-state index in [1.165, 1.54) is 0 Å². The van der Waals surface area contributed by atoms with Crippen molar-refractivity contribution in [3.8, 4) is 0 Å². The molecule has 4 heteroatoms. The summed E-state index contributed by atoms with van der Waals surface area (Å²) in [6.07, 6.45) is 1.63. The van der Waals surface area contributed by atoms with Crippen LogP contribution >= 0.6 is 0 Å². The fraction of sp³-hybridized carbons (Fsp3) is 0.444. The number of nitrogens with zero attached hydrogens (tertiary/aromatic N) is 1. The molecule has 0 spiro atoms. The highest BCUT2D eigenvalue weighted by Gasteiger charge is 2.12. The van der Waals surface area contributed by atoms with Crippen LogP contribution in [0.25, 0.3) is 0 Å². The number of nitrogens with two attached hydrogens (primary N) is 1. The van der Waals surface area contributed by atoms with Gasteiger partial charge in [0.2, 0.25) is 0 Å². The third-order valence-corrected chi connectivity index (χ3v) is 1.55. The molecule has 0 aliphatic rings. The van der Waals surface area contributed by atoms with Gasteiger partial charge >= 0.3 is 0 Å². The molecule has 0 saturated carbocycles. The van der Waals surface area contributed by atoms with Gasteiger partial charge in [0.25, 0.3) is 0 Å². The standard InChI is InChI=1S/C9H15N3O/c1-9(2,13)6-12-7-4-3-5-11-8(7)10/h3-5,12-13H,6H2,1-2H3,(H2,10,11). The highest BCUT2D eigenvalue weighted by Crippen LogP contribution is 2.14. The van der Waals surface area contributed by atoms with Gasteiger partial charge in [-0.1, -0.05) is 0 Å². The van der Waals surface area contributed by atoms with E-state index in [1.54, 1.807) is 26.1 Å². The Hall–Kier alpha value is -1.29. The molecule has 1 aromatic rings. The van der Waals surface area contributed by atoms with Gasteiger partial charge in [0.1, 0.15) is 5.82 Å². The van der Waals surface area contributed by atoms with E-state index in [0.717, 1.165) is 5.69 Å². The van der Waals surface area contributed by atoms with Crippen LogP contribution in [0.15, 0.2) is 18.3 Å². The summed E-state index contributed by atoms with van der Waals surface area (Å²) in [6.45, 7) is 3.90. The molecule has 1 heterocycles. The summed E-state index contributed by atoms with van der Waals surface area (Å²) < 4.78 is 0. The lowest BCUT2D eigenvalue weighted by molar-refractivity contribution is 0.0945. The molecule has 0 radical (unpaired) electrons. The molecule has 0 aromatic carbocycles. The maximum Gasteiger partial charge on any atom is 0.146 e. The third-order valence-electron chi connectivity index (χ3n) is 1.55. The molecular weight excluding hydrogens is 166 g/mol. The Morgan fingerprint density at radius 2 is 2.31 bits per heavy atom. The molecular formula is C9H15N3O. The Balaban J connectivity index is 2.60. The lowest BCUT2D eigenvalue weighted by atomic mass is 10.1. The lowest BCUT2D eigenvalue weighted by Crippen LogP contribution is -2.29. The van der Waals surface area contributed by atoms with E-state index in [2.05, 4.69) is 10.3 Å². The second-order valence-corrected chi connectivity index (χ2v) is 3.60. The number of pyridine rings is 1. The van der Waals surface area contributed by atoms with Gasteiger partial charge in [0.15, 0.2) is 0 Å². The Morgan fingerprint density at radius 1 is 1.62 bits per heavy atom. The number of rotatable bonds is 3. The fourth-order valence-corrected chi connectivity index (χ4v) is 0.879. The van der Waals surface area contributed by atoms with Crippen molar-refractivity contribution in [1.29, 1.82) is 0 Å². The fourth-order valence-electron chi connectivity index (χ4n) is 0.879. The number of anilines is 2. The van der Waals surface area contributed by atoms with Crippen molar-refractivity contribution >= 4 is 11.5 Å². The monoisotopic (exact) mass is 181 g/mol. The van der Waals surface area contributed by atoms with E-state index in [1.807, 2.05) is 6.07 Å². The molecule has 0 saturated heterocycles. The predicted molar refractivity (Wildman–Crippen MR) is 53.4 cm³/mol. The van der Waals surface area contributed by atoms with Crippen LogP contribution < -0.4 is 11.1 Å². The summed E-state index contributed by atoms with van der Waals surface area (Å²) in [5.41, 5.74) is 5.60. The van der Waals surface area contributed by atoms with Crippen LogP contribution in [0, 0.1) is 0 Å². The van der Waals surface area contributed by atoms with E-state index in [0.29, 0.717) is 12.4 Å². The molecule has 0 fully saturated rings. The third kappa shape index (κ3) is 3.29. The highest BCUT2D eigenvalue weighted by atomic mass is 16.3. The van der Waals surface area contributed by atoms with Gasteiger partial charge in [-0.3, -0.25) is 0 Å². The number of hydrogen-bond acceptors (Lipinski definition) is 4. The molecule has 0 atom stereocenters. The average Bonchev–Trinajstić information content (AvgIpc) is 2.01. The summed E-state index contributed by atoms with van der Waals surface area (Å²) in [4.78, 5) is 3.91. The van der Waals surface area contributed by atoms with Gasteiger partial charge in [-0.05, 0) is 26.0 Å². The maximum absolute atomic E-state index is 9.45. The van der Waals surface area contributed by atoms with E-state index in [9.17, 15) is 5.11 Å². The second-order valence-electron chi connectivity index (χ2n) is 3.60. The van der Waals surface area contributed by atoms with Crippen molar-refractivity contribution in [2.75, 3.05) is 17.6 Å². The quantitative estimate of drug-likeness (QED) is 0.646. The molecule has 4 nitrogen and oxygen atoms in total. The number of nitrogen functional groups attached to an aromatic ring is 1. The SMILES string of the molecule is CC(C)(O)CNc1cccnc1N. The second kappa shape index (κ2) is 3.62. The minimum absolute atomic E-state index is 0.447. The maximum atomic E-state index is 9.45. The predicted octanol–water partition coefficient (Wildman–Crippen LogP) is 0.847. The van der Waals surface area contributed by atoms with Gasteiger partial charge in [-0.25, -0.2) is 4.98 Å². The Bertz CT molecular complexity index is 280. The van der Waals surface area contributed by atoms with Crippen LogP contribution in [0.4, 0.5) is 11.5 Å². The lowest BCUT2D eigenvalue weighted by Gasteiger charge is -2.18. The van der Waals surface area contributed by atoms with Crippen molar-refractivity contribution < 1.29 is 5.11 Å². The first-order chi connectivity index (χ1) is 5.99. The van der Waals surface area contributed by atoms with Crippen molar-refractivity contribution in [3.63, 3.8) is 0 Å². The van der Waals surface area contributed by atoms with Gasteiger partial charge in [0, 0.05) is 12.7 Å². The number of aromatic nitrogens is 1. The molecule has 1 rings (SSSR count). The minimum atomic E-state index is -0.748. The number of aliphatic hydroxyl groups is 1. The molecule has 0 aliphatic heterocycles. The summed E-state index contributed by atoms with van der Waals surface area (Å²) in [5, 5.41) is 12.5. The van der Waals surface area contributed by atoms with Crippen molar-refractivity contribution in [1.82, 2.24) is 4.98 Å². The topological polar surface area (TPSA) is 71.2 Å². The molecule has 0 aliphatic carbocycles. The van der Waals surface area contributed by atoms with Crippen LogP contribution in [-0.4, -0.2) is 22.2 Å². The van der Waals surface area contributed by atoms with E-state index >= 15 is 0 Å². The van der Waals surface area contributed by atoms with Gasteiger partial charge < -0.3 is 16.2 Å². The minimum Gasteiger partial charge on any atom is -0.389 e. The normalized spacial score (nSPS) is 11.3. The Morgan fingerprint density at radius 3 is 2.85 bits per heavy atom. The largest absolute Gasteiger partial charge is 0.389 e. The zero-order valence-corrected chi connectivity index (χ0v) is 7.91. The van der Waals surface area contributed by atoms with Gasteiger partial charge in [-0.2, -0.15) is 0 Å². The zero-order chi connectivity index (χ0) is 9.90. The zero-order valence-electron chi connectivity index (χ0n) is 7.91. The first-order valence-corrected chi connectivity index (χ1v) is 4.16. The number of hydrogen-bond donors (Lipinski definition) is 3. The average molecular weight is 181 g/mol. The van der Waals surface area contributed by atoms with Crippen molar-refractivity contribution in [3.05, 3.63) is 18.3 Å². The molecule has 4 N–H and O–H groups in total. The first kappa shape index (κ1) is 9.80. The summed E-state index contributed by atoms with van der Waals surface area (Å²) >= 11 is 0. The smallest absolute Gasteiger partial charge is 0.146 e. The molecule has 13 heavy (non-hydrogen) atoms. The highest BCUT2D eigenvalue weighted by molar-refractivity contribution is 5.60. The molecule has 0 amide bonds. The first-order valence-electron chi connectivity index (χ1n) is 4.16. The van der Waals surface area contributed by atoms with Crippen LogP contribution in [0.3, 0.4) is 0 Å². The van der Waals surface area contributed by atoms with Crippen molar-refractivity contribution in [2.24, 2.45) is 0 Å². The van der Waals surface area contributed by atoms with Crippen LogP contribution in [0.2, 0.25) is 0 Å². The summed E-state index contributed by atoms with van der Waals surface area (Å²) in [6, 6.07) is 3.62. The van der Waals surface area contributed by atoms with E-state index in [-0.39, 0.29) is 0 Å². The molecule has 72 valence electrons. The van der Waals surface area contributed by atoms with E-state index in [4.69, 9.17) is 5.73 Å². The Kier molecular flexibility index (Phi) is 2.72. The van der Waals surface area contributed by atoms with Crippen LogP contribution in [0.1, 0.15) is 13.8 Å². The Labute approximate surface area is 77.8 Å². The molecule has 1 aromatic heterocycles. The summed E-state index contributed by atoms with van der Waals surface area (Å²) in [7, 11) is 0. The molecule has 0 unspecified atom stereocenters. The summed E-state index contributed by atoms with van der Waals surface area (Å²) in [5.74, 6) is 0.451. The van der Waals surface area contributed by atoms with Crippen LogP contribution in [-0.2, 0) is 0 Å².